The van der Waals surface area contributed by atoms with Gasteiger partial charge in [-0.25, -0.2) is 15.0 Å². The van der Waals surface area contributed by atoms with Crippen LogP contribution < -0.4 is 10.2 Å². The van der Waals surface area contributed by atoms with Crippen molar-refractivity contribution in [3.63, 3.8) is 0 Å². The molecule has 7 heteroatoms. The van der Waals surface area contributed by atoms with Gasteiger partial charge in [0.25, 0.3) is 0 Å². The molecule has 5 rings (SSSR count). The lowest BCUT2D eigenvalue weighted by molar-refractivity contribution is 0.122. The third-order valence-electron chi connectivity index (χ3n) is 4.82. The molecule has 0 bridgehead atoms. The quantitative estimate of drug-likeness (QED) is 0.583. The number of nitrogens with zero attached hydrogens (tertiary/aromatic N) is 4. The van der Waals surface area contributed by atoms with Crippen molar-refractivity contribution in [2.45, 2.75) is 6.54 Å². The van der Waals surface area contributed by atoms with Crippen LogP contribution in [0.3, 0.4) is 0 Å². The Labute approximate surface area is 156 Å². The first-order valence-corrected chi connectivity index (χ1v) is 9.11. The summed E-state index contributed by atoms with van der Waals surface area (Å²) >= 11 is 0. The fourth-order valence-corrected chi connectivity index (χ4v) is 3.35. The molecule has 0 aliphatic carbocycles. The van der Waals surface area contributed by atoms with Crippen LogP contribution in [-0.2, 0) is 11.3 Å². The Balaban J connectivity index is 1.36. The van der Waals surface area contributed by atoms with Crippen molar-refractivity contribution in [2.24, 2.45) is 0 Å². The Morgan fingerprint density at radius 2 is 2.00 bits per heavy atom. The van der Waals surface area contributed by atoms with E-state index in [4.69, 9.17) is 9.72 Å². The van der Waals surface area contributed by atoms with E-state index in [1.54, 1.807) is 6.20 Å². The predicted molar refractivity (Wildman–Crippen MR) is 106 cm³/mol. The minimum atomic E-state index is 0.657. The van der Waals surface area contributed by atoms with Gasteiger partial charge in [0.15, 0.2) is 5.65 Å². The van der Waals surface area contributed by atoms with Gasteiger partial charge >= 0.3 is 0 Å². The molecule has 3 aromatic heterocycles. The number of benzene rings is 1. The third-order valence-corrected chi connectivity index (χ3v) is 4.82. The van der Waals surface area contributed by atoms with Crippen LogP contribution in [0.5, 0.6) is 0 Å². The summed E-state index contributed by atoms with van der Waals surface area (Å²) in [5.41, 5.74) is 3.79. The number of hydrogen-bond donors (Lipinski definition) is 2. The Bertz CT molecular complexity index is 1090. The van der Waals surface area contributed by atoms with Crippen molar-refractivity contribution in [2.75, 3.05) is 36.5 Å². The summed E-state index contributed by atoms with van der Waals surface area (Å²) in [6, 6.07) is 12.4. The number of aromatic nitrogens is 4. The van der Waals surface area contributed by atoms with Gasteiger partial charge in [0.05, 0.1) is 19.4 Å². The molecule has 4 heterocycles. The molecule has 0 atom stereocenters. The molecule has 1 aromatic carbocycles. The molecule has 0 saturated carbocycles. The molecule has 2 N–H and O–H groups in total. The molecule has 27 heavy (non-hydrogen) atoms. The number of morpholine rings is 1. The zero-order valence-corrected chi connectivity index (χ0v) is 14.9. The highest BCUT2D eigenvalue weighted by Gasteiger charge is 2.13. The molecule has 1 saturated heterocycles. The van der Waals surface area contributed by atoms with Gasteiger partial charge in [0, 0.05) is 31.3 Å². The first-order valence-electron chi connectivity index (χ1n) is 9.11. The SMILES string of the molecule is c1cc2cc(CNc3cnc4ccc(N5CCOCC5)nc4n3)ccc2[nH]1. The summed E-state index contributed by atoms with van der Waals surface area (Å²) in [6.07, 6.45) is 3.71. The zero-order valence-electron chi connectivity index (χ0n) is 14.9. The van der Waals surface area contributed by atoms with Crippen molar-refractivity contribution in [3.8, 4) is 0 Å². The van der Waals surface area contributed by atoms with Crippen molar-refractivity contribution in [1.29, 1.82) is 0 Å². The number of rotatable bonds is 4. The molecule has 0 amide bonds. The van der Waals surface area contributed by atoms with Crippen molar-refractivity contribution >= 4 is 33.7 Å². The average molecular weight is 360 g/mol. The summed E-state index contributed by atoms with van der Waals surface area (Å²) in [7, 11) is 0. The van der Waals surface area contributed by atoms with Gasteiger partial charge in [-0.05, 0) is 41.3 Å². The van der Waals surface area contributed by atoms with Gasteiger partial charge in [-0.1, -0.05) is 6.07 Å². The maximum atomic E-state index is 5.41. The maximum absolute atomic E-state index is 5.41. The minimum absolute atomic E-state index is 0.657. The predicted octanol–water partition coefficient (Wildman–Crippen LogP) is 2.95. The number of nitrogens with one attached hydrogen (secondary N) is 2. The van der Waals surface area contributed by atoms with Crippen LogP contribution in [-0.4, -0.2) is 46.2 Å². The summed E-state index contributed by atoms with van der Waals surface area (Å²) in [5, 5.41) is 4.56. The van der Waals surface area contributed by atoms with E-state index in [0.717, 1.165) is 49.0 Å². The molecular formula is C20H20N6O. The van der Waals surface area contributed by atoms with E-state index in [1.165, 1.54) is 10.9 Å². The monoisotopic (exact) mass is 360 g/mol. The average Bonchev–Trinajstić information content (AvgIpc) is 3.20. The van der Waals surface area contributed by atoms with Gasteiger partial charge in [-0.3, -0.25) is 0 Å². The molecule has 1 aliphatic rings. The Hall–Kier alpha value is -3.19. The van der Waals surface area contributed by atoms with Crippen molar-refractivity contribution in [3.05, 3.63) is 54.4 Å². The van der Waals surface area contributed by atoms with E-state index >= 15 is 0 Å². The van der Waals surface area contributed by atoms with Crippen LogP contribution in [0.25, 0.3) is 22.1 Å². The van der Waals surface area contributed by atoms with Gasteiger partial charge in [-0.2, -0.15) is 0 Å². The fraction of sp³-hybridized carbons (Fsp3) is 0.250. The number of anilines is 2. The number of hydrogen-bond acceptors (Lipinski definition) is 6. The number of fused-ring (bicyclic) bond motifs is 2. The molecule has 0 radical (unpaired) electrons. The fourth-order valence-electron chi connectivity index (χ4n) is 3.35. The second-order valence-electron chi connectivity index (χ2n) is 6.62. The van der Waals surface area contributed by atoms with Crippen LogP contribution in [0.15, 0.2) is 48.8 Å². The van der Waals surface area contributed by atoms with Crippen LogP contribution in [0.4, 0.5) is 11.6 Å². The Morgan fingerprint density at radius 1 is 1.07 bits per heavy atom. The van der Waals surface area contributed by atoms with E-state index < -0.39 is 0 Å². The summed E-state index contributed by atoms with van der Waals surface area (Å²) in [4.78, 5) is 19.3. The summed E-state index contributed by atoms with van der Waals surface area (Å²) < 4.78 is 5.41. The van der Waals surface area contributed by atoms with Crippen molar-refractivity contribution in [1.82, 2.24) is 19.9 Å². The van der Waals surface area contributed by atoms with Gasteiger partial charge in [-0.15, -0.1) is 0 Å². The lowest BCUT2D eigenvalue weighted by Crippen LogP contribution is -2.36. The molecule has 0 unspecified atom stereocenters. The zero-order chi connectivity index (χ0) is 18.1. The van der Waals surface area contributed by atoms with E-state index in [9.17, 15) is 0 Å². The largest absolute Gasteiger partial charge is 0.378 e. The number of pyridine rings is 1. The lowest BCUT2D eigenvalue weighted by atomic mass is 10.1. The third kappa shape index (κ3) is 3.29. The topological polar surface area (TPSA) is 79.0 Å². The van der Waals surface area contributed by atoms with E-state index in [-0.39, 0.29) is 0 Å². The van der Waals surface area contributed by atoms with Gasteiger partial charge in [0.1, 0.15) is 17.2 Å². The molecule has 136 valence electrons. The molecule has 4 aromatic rings. The van der Waals surface area contributed by atoms with Gasteiger partial charge in [0.2, 0.25) is 0 Å². The second-order valence-corrected chi connectivity index (χ2v) is 6.62. The van der Waals surface area contributed by atoms with Crippen LogP contribution in [0.1, 0.15) is 5.56 Å². The summed E-state index contributed by atoms with van der Waals surface area (Å²) in [6.45, 7) is 3.86. The normalized spacial score (nSPS) is 14.7. The first-order chi connectivity index (χ1) is 13.3. The number of H-pyrrole nitrogens is 1. The molecule has 0 spiro atoms. The van der Waals surface area contributed by atoms with Crippen LogP contribution in [0, 0.1) is 0 Å². The van der Waals surface area contributed by atoms with E-state index in [1.807, 2.05) is 18.3 Å². The van der Waals surface area contributed by atoms with E-state index in [2.05, 4.69) is 49.4 Å². The Kier molecular flexibility index (Phi) is 4.06. The molecule has 1 aliphatic heterocycles. The standard InChI is InChI=1S/C20H20N6O/c1-2-16-15(5-6-21-16)11-14(1)12-23-18-13-22-17-3-4-19(25-20(17)24-18)26-7-9-27-10-8-26/h1-6,11,13,21H,7-10,12H2,(H,23,24,25). The van der Waals surface area contributed by atoms with Crippen LogP contribution >= 0.6 is 0 Å². The Morgan fingerprint density at radius 3 is 2.93 bits per heavy atom. The first kappa shape index (κ1) is 16.0. The highest BCUT2D eigenvalue weighted by molar-refractivity contribution is 5.80. The molecule has 7 nitrogen and oxygen atoms in total. The smallest absolute Gasteiger partial charge is 0.182 e. The lowest BCUT2D eigenvalue weighted by Gasteiger charge is -2.27. The minimum Gasteiger partial charge on any atom is -0.378 e. The summed E-state index contributed by atoms with van der Waals surface area (Å²) in [5.74, 6) is 1.65. The highest BCUT2D eigenvalue weighted by atomic mass is 16.5. The molecular weight excluding hydrogens is 340 g/mol. The van der Waals surface area contributed by atoms with E-state index in [0.29, 0.717) is 12.2 Å². The molecule has 1 fully saturated rings. The number of aromatic amines is 1. The van der Waals surface area contributed by atoms with Crippen molar-refractivity contribution < 1.29 is 4.74 Å². The van der Waals surface area contributed by atoms with Crippen LogP contribution in [0.2, 0.25) is 0 Å². The highest BCUT2D eigenvalue weighted by Crippen LogP contribution is 2.19. The second kappa shape index (κ2) is 6.85. The number of ether oxygens (including phenoxy) is 1. The maximum Gasteiger partial charge on any atom is 0.182 e. The van der Waals surface area contributed by atoms with Gasteiger partial charge < -0.3 is 19.9 Å².